The lowest BCUT2D eigenvalue weighted by atomic mass is 10.2. The summed E-state index contributed by atoms with van der Waals surface area (Å²) in [6.07, 6.45) is 9.15. The van der Waals surface area contributed by atoms with Crippen LogP contribution in [0.4, 0.5) is 5.69 Å². The third-order valence-corrected chi connectivity index (χ3v) is 7.08. The molecule has 3 aromatic rings. The fourth-order valence-electron chi connectivity index (χ4n) is 4.39. The van der Waals surface area contributed by atoms with Gasteiger partial charge in [0.25, 0.3) is 0 Å². The molecule has 0 amide bonds. The van der Waals surface area contributed by atoms with E-state index in [4.69, 9.17) is 35.0 Å². The first kappa shape index (κ1) is 38.6. The van der Waals surface area contributed by atoms with Gasteiger partial charge >= 0.3 is 23.9 Å². The molecule has 0 aliphatic heterocycles. The van der Waals surface area contributed by atoms with Gasteiger partial charge in [0.05, 0.1) is 44.1 Å². The maximum absolute atomic E-state index is 12.8. The lowest BCUT2D eigenvalue weighted by Crippen LogP contribution is -2.10. The van der Waals surface area contributed by atoms with Gasteiger partial charge in [0, 0.05) is 12.2 Å². The maximum atomic E-state index is 12.8. The average Bonchev–Trinajstić information content (AvgIpc) is 3.14. The topological polar surface area (TPSA) is 128 Å². The van der Waals surface area contributed by atoms with E-state index in [0.717, 1.165) is 63.5 Å². The summed E-state index contributed by atoms with van der Waals surface area (Å²) >= 11 is 0. The SMILES string of the molecule is [C-]#[N+]c1cc(OC(=O)c2ccc(OCCCCCCOC(=O)C=C)cc2)ccc1OC(=O)c1ccc(OCCCCCCOC(=O)C=C)cc1. The summed E-state index contributed by atoms with van der Waals surface area (Å²) in [5.41, 5.74) is 0.570. The molecule has 0 heterocycles. The number of rotatable bonds is 22. The Kier molecular flexibility index (Phi) is 16.9. The van der Waals surface area contributed by atoms with Crippen LogP contribution in [0.15, 0.2) is 92.0 Å². The van der Waals surface area contributed by atoms with Crippen molar-refractivity contribution in [3.63, 3.8) is 0 Å². The van der Waals surface area contributed by atoms with Gasteiger partial charge in [-0.3, -0.25) is 0 Å². The highest BCUT2D eigenvalue weighted by Gasteiger charge is 2.15. The van der Waals surface area contributed by atoms with Crippen LogP contribution in [0.2, 0.25) is 0 Å². The summed E-state index contributed by atoms with van der Waals surface area (Å²) in [6.45, 7) is 16.0. The second-order valence-corrected chi connectivity index (χ2v) is 10.8. The quantitative estimate of drug-likeness (QED) is 0.0338. The minimum atomic E-state index is -0.655. The van der Waals surface area contributed by atoms with Gasteiger partial charge in [0.1, 0.15) is 23.0 Å². The normalized spacial score (nSPS) is 10.2. The first-order valence-corrected chi connectivity index (χ1v) is 16.3. The predicted octanol–water partition coefficient (Wildman–Crippen LogP) is 8.01. The number of carbonyl (C=O) groups excluding carboxylic acids is 4. The standard InChI is InChI=1S/C39H41NO10/c1-4-36(41)47-26-12-8-6-10-24-45-31-18-14-29(15-19-31)38(43)49-33-22-23-35(34(28-33)40-3)50-39(44)30-16-20-32(21-17-30)46-25-11-7-9-13-27-48-37(42)5-2/h4-5,14-23,28H,1-2,6-13,24-27H2. The van der Waals surface area contributed by atoms with Gasteiger partial charge in [-0.25, -0.2) is 24.0 Å². The minimum Gasteiger partial charge on any atom is -0.494 e. The lowest BCUT2D eigenvalue weighted by Gasteiger charge is -2.10. The number of hydrogen-bond acceptors (Lipinski definition) is 10. The number of ether oxygens (including phenoxy) is 6. The van der Waals surface area contributed by atoms with E-state index in [1.807, 2.05) is 0 Å². The molecule has 50 heavy (non-hydrogen) atoms. The number of nitrogens with zero attached hydrogens (tertiary/aromatic N) is 1. The summed E-state index contributed by atoms with van der Waals surface area (Å²) in [5.74, 6) is -0.747. The number of hydrogen-bond donors (Lipinski definition) is 0. The van der Waals surface area contributed by atoms with E-state index in [9.17, 15) is 19.2 Å². The molecule has 0 aliphatic carbocycles. The molecule has 3 aromatic carbocycles. The fraction of sp³-hybridized carbons (Fsp3) is 0.308. The highest BCUT2D eigenvalue weighted by molar-refractivity contribution is 5.93. The zero-order chi connectivity index (χ0) is 36.0. The zero-order valence-electron chi connectivity index (χ0n) is 27.9. The Balaban J connectivity index is 1.39. The van der Waals surface area contributed by atoms with E-state index in [-0.39, 0.29) is 22.7 Å². The molecule has 0 saturated carbocycles. The summed E-state index contributed by atoms with van der Waals surface area (Å²) in [7, 11) is 0. The Morgan fingerprint density at radius 3 is 1.42 bits per heavy atom. The largest absolute Gasteiger partial charge is 0.494 e. The molecular formula is C39H41NO10. The van der Waals surface area contributed by atoms with Crippen molar-refractivity contribution in [2.75, 3.05) is 26.4 Å². The van der Waals surface area contributed by atoms with Gasteiger partial charge in [0.15, 0.2) is 0 Å². The third kappa shape index (κ3) is 14.1. The molecule has 0 aliphatic rings. The Labute approximate surface area is 292 Å². The second kappa shape index (κ2) is 21.9. The van der Waals surface area contributed by atoms with Crippen LogP contribution < -0.4 is 18.9 Å². The molecule has 11 nitrogen and oxygen atoms in total. The molecule has 0 radical (unpaired) electrons. The molecule has 0 bridgehead atoms. The molecule has 0 aromatic heterocycles. The summed E-state index contributed by atoms with van der Waals surface area (Å²) in [6, 6.07) is 17.2. The van der Waals surface area contributed by atoms with Gasteiger partial charge in [-0.15, -0.1) is 0 Å². The van der Waals surface area contributed by atoms with Crippen LogP contribution in [0.25, 0.3) is 4.85 Å². The van der Waals surface area contributed by atoms with E-state index in [0.29, 0.717) is 43.5 Å². The van der Waals surface area contributed by atoms with Crippen LogP contribution in [-0.4, -0.2) is 50.3 Å². The third-order valence-electron chi connectivity index (χ3n) is 7.08. The molecule has 0 fully saturated rings. The van der Waals surface area contributed by atoms with Crippen molar-refractivity contribution >= 4 is 29.6 Å². The van der Waals surface area contributed by atoms with Crippen molar-refractivity contribution in [2.45, 2.75) is 51.4 Å². The molecular weight excluding hydrogens is 642 g/mol. The van der Waals surface area contributed by atoms with Crippen molar-refractivity contribution in [1.29, 1.82) is 0 Å². The Bertz CT molecular complexity index is 1620. The first-order valence-electron chi connectivity index (χ1n) is 16.3. The van der Waals surface area contributed by atoms with Crippen LogP contribution in [0.3, 0.4) is 0 Å². The van der Waals surface area contributed by atoms with Gasteiger partial charge in [0.2, 0.25) is 5.69 Å². The molecule has 11 heteroatoms. The predicted molar refractivity (Wildman–Crippen MR) is 186 cm³/mol. The number of benzene rings is 3. The summed E-state index contributed by atoms with van der Waals surface area (Å²) in [5, 5.41) is 0. The van der Waals surface area contributed by atoms with Crippen molar-refractivity contribution in [3.05, 3.63) is 115 Å². The molecule has 0 atom stereocenters. The molecule has 0 saturated heterocycles. The Morgan fingerprint density at radius 1 is 0.560 bits per heavy atom. The van der Waals surface area contributed by atoms with Gasteiger partial charge in [-0.05, 0) is 118 Å². The summed E-state index contributed by atoms with van der Waals surface area (Å²) < 4.78 is 32.3. The Morgan fingerprint density at radius 2 is 0.980 bits per heavy atom. The van der Waals surface area contributed by atoms with E-state index >= 15 is 0 Å². The van der Waals surface area contributed by atoms with Gasteiger partial charge < -0.3 is 28.4 Å². The average molecular weight is 684 g/mol. The van der Waals surface area contributed by atoms with Crippen LogP contribution in [0.1, 0.15) is 72.1 Å². The van der Waals surface area contributed by atoms with Crippen molar-refractivity contribution in [3.8, 4) is 23.0 Å². The minimum absolute atomic E-state index is 0.00370. The van der Waals surface area contributed by atoms with Crippen LogP contribution in [0.5, 0.6) is 23.0 Å². The van der Waals surface area contributed by atoms with Gasteiger partial charge in [-0.1, -0.05) is 13.2 Å². The molecule has 3 rings (SSSR count). The monoisotopic (exact) mass is 683 g/mol. The second-order valence-electron chi connectivity index (χ2n) is 10.8. The van der Waals surface area contributed by atoms with Crippen molar-refractivity contribution in [1.82, 2.24) is 0 Å². The highest BCUT2D eigenvalue weighted by Crippen LogP contribution is 2.33. The molecule has 262 valence electrons. The number of esters is 4. The molecule has 0 N–H and O–H groups in total. The smallest absolute Gasteiger partial charge is 0.343 e. The number of carbonyl (C=O) groups is 4. The summed E-state index contributed by atoms with van der Waals surface area (Å²) in [4.78, 5) is 50.9. The van der Waals surface area contributed by atoms with Crippen molar-refractivity contribution < 1.29 is 47.6 Å². The molecule has 0 spiro atoms. The number of unbranched alkanes of at least 4 members (excludes halogenated alkanes) is 6. The van der Waals surface area contributed by atoms with Gasteiger partial charge in [-0.2, -0.15) is 0 Å². The van der Waals surface area contributed by atoms with Crippen LogP contribution >= 0.6 is 0 Å². The first-order chi connectivity index (χ1) is 24.3. The van der Waals surface area contributed by atoms with Crippen LogP contribution in [0, 0.1) is 6.57 Å². The van der Waals surface area contributed by atoms with E-state index in [1.54, 1.807) is 48.5 Å². The Hall–Kier alpha value is -5.89. The maximum Gasteiger partial charge on any atom is 0.343 e. The van der Waals surface area contributed by atoms with E-state index in [1.165, 1.54) is 18.2 Å². The van der Waals surface area contributed by atoms with E-state index < -0.39 is 23.9 Å². The highest BCUT2D eigenvalue weighted by atomic mass is 16.5. The fourth-order valence-corrected chi connectivity index (χ4v) is 4.39. The molecule has 0 unspecified atom stereocenters. The van der Waals surface area contributed by atoms with Crippen molar-refractivity contribution in [2.24, 2.45) is 0 Å². The zero-order valence-corrected chi connectivity index (χ0v) is 27.9. The van der Waals surface area contributed by atoms with Crippen LogP contribution in [-0.2, 0) is 19.1 Å². The lowest BCUT2D eigenvalue weighted by molar-refractivity contribution is -0.138. The van der Waals surface area contributed by atoms with E-state index in [2.05, 4.69) is 18.0 Å².